The van der Waals surface area contributed by atoms with E-state index < -0.39 is 16.2 Å². The zero-order valence-corrected chi connectivity index (χ0v) is 12.3. The van der Waals surface area contributed by atoms with Gasteiger partial charge in [0.2, 0.25) is 0 Å². The van der Waals surface area contributed by atoms with Crippen molar-refractivity contribution in [1.82, 2.24) is 4.98 Å². The summed E-state index contributed by atoms with van der Waals surface area (Å²) in [6.45, 7) is 3.63. The second kappa shape index (κ2) is 6.15. The van der Waals surface area contributed by atoms with E-state index in [1.807, 2.05) is 25.1 Å². The number of nitrogens with zero attached hydrogens (tertiary/aromatic N) is 1. The van der Waals surface area contributed by atoms with Crippen LogP contribution in [0.2, 0.25) is 0 Å². The summed E-state index contributed by atoms with van der Waals surface area (Å²) in [6, 6.07) is 12.1. The second-order valence-electron chi connectivity index (χ2n) is 4.70. The molecule has 1 atom stereocenters. The molecule has 1 aromatic carbocycles. The highest BCUT2D eigenvalue weighted by Gasteiger charge is 2.19. The van der Waals surface area contributed by atoms with Gasteiger partial charge in [-0.3, -0.25) is 9.17 Å². The van der Waals surface area contributed by atoms with Crippen LogP contribution in [-0.2, 0) is 20.7 Å². The molecule has 0 fully saturated rings. The lowest BCUT2D eigenvalue weighted by molar-refractivity contribution is 0.228. The largest absolute Gasteiger partial charge is 0.297 e. The van der Waals surface area contributed by atoms with E-state index in [0.717, 1.165) is 11.3 Å². The lowest BCUT2D eigenvalue weighted by Crippen LogP contribution is -2.18. The van der Waals surface area contributed by atoms with Gasteiger partial charge in [-0.25, -0.2) is 0 Å². The maximum atomic E-state index is 12.1. The Kier molecular flexibility index (Phi) is 4.52. The van der Waals surface area contributed by atoms with Gasteiger partial charge in [-0.1, -0.05) is 23.8 Å². The molecule has 1 unspecified atom stereocenters. The minimum absolute atomic E-state index is 0.177. The molecule has 1 heterocycles. The molecule has 4 nitrogen and oxygen atoms in total. The van der Waals surface area contributed by atoms with Crippen molar-refractivity contribution in [2.24, 2.45) is 0 Å². The molecule has 0 saturated heterocycles. The molecule has 20 heavy (non-hydrogen) atoms. The average molecular weight is 291 g/mol. The Hall–Kier alpha value is -1.72. The molecule has 0 saturated carbocycles. The van der Waals surface area contributed by atoms with Crippen LogP contribution in [0.1, 0.15) is 18.2 Å². The zero-order valence-electron chi connectivity index (χ0n) is 11.5. The molecule has 2 aromatic rings. The van der Waals surface area contributed by atoms with Gasteiger partial charge in [-0.05, 0) is 38.1 Å². The van der Waals surface area contributed by atoms with E-state index in [-0.39, 0.29) is 4.90 Å². The Balaban J connectivity index is 2.06. The van der Waals surface area contributed by atoms with Crippen molar-refractivity contribution in [3.63, 3.8) is 0 Å². The first-order valence-corrected chi connectivity index (χ1v) is 7.78. The second-order valence-corrected chi connectivity index (χ2v) is 6.27. The van der Waals surface area contributed by atoms with E-state index in [4.69, 9.17) is 4.18 Å². The van der Waals surface area contributed by atoms with Crippen LogP contribution in [0.4, 0.5) is 0 Å². The van der Waals surface area contributed by atoms with Crippen LogP contribution in [0.5, 0.6) is 0 Å². The highest BCUT2D eigenvalue weighted by atomic mass is 32.2. The summed E-state index contributed by atoms with van der Waals surface area (Å²) < 4.78 is 29.4. The monoisotopic (exact) mass is 291 g/mol. The zero-order chi connectivity index (χ0) is 14.6. The summed E-state index contributed by atoms with van der Waals surface area (Å²) in [4.78, 5) is 4.34. The normalized spacial score (nSPS) is 13.1. The molecule has 0 spiro atoms. The molecule has 0 N–H and O–H groups in total. The molecular weight excluding hydrogens is 274 g/mol. The van der Waals surface area contributed by atoms with Gasteiger partial charge in [0.25, 0.3) is 10.1 Å². The van der Waals surface area contributed by atoms with Gasteiger partial charge in [-0.15, -0.1) is 0 Å². The Morgan fingerprint density at radius 2 is 1.85 bits per heavy atom. The van der Waals surface area contributed by atoms with Gasteiger partial charge in [0.05, 0.1) is 11.0 Å². The third-order valence-electron chi connectivity index (χ3n) is 2.82. The minimum atomic E-state index is -3.72. The molecule has 0 aliphatic heterocycles. The number of hydrogen-bond acceptors (Lipinski definition) is 4. The van der Waals surface area contributed by atoms with Crippen molar-refractivity contribution in [2.75, 3.05) is 0 Å². The highest BCUT2D eigenvalue weighted by molar-refractivity contribution is 7.86. The Bertz CT molecular complexity index is 651. The fourth-order valence-corrected chi connectivity index (χ4v) is 2.91. The maximum Gasteiger partial charge on any atom is 0.297 e. The summed E-state index contributed by atoms with van der Waals surface area (Å²) in [5, 5.41) is 0. The molecule has 2 rings (SSSR count). The van der Waals surface area contributed by atoms with Crippen molar-refractivity contribution in [3.05, 3.63) is 59.9 Å². The van der Waals surface area contributed by atoms with Gasteiger partial charge in [0, 0.05) is 18.3 Å². The summed E-state index contributed by atoms with van der Waals surface area (Å²) >= 11 is 0. The predicted octanol–water partition coefficient (Wildman–Crippen LogP) is 2.73. The van der Waals surface area contributed by atoms with Gasteiger partial charge >= 0.3 is 0 Å². The van der Waals surface area contributed by atoms with Crippen LogP contribution in [0.15, 0.2) is 53.6 Å². The number of hydrogen-bond donors (Lipinski definition) is 0. The molecule has 0 aliphatic carbocycles. The first kappa shape index (κ1) is 14.7. The highest BCUT2D eigenvalue weighted by Crippen LogP contribution is 2.16. The maximum absolute atomic E-state index is 12.1. The number of pyridine rings is 1. The minimum Gasteiger partial charge on any atom is -0.263 e. The van der Waals surface area contributed by atoms with Crippen molar-refractivity contribution >= 4 is 10.1 Å². The van der Waals surface area contributed by atoms with Crippen LogP contribution in [-0.4, -0.2) is 19.5 Å². The van der Waals surface area contributed by atoms with Crippen LogP contribution < -0.4 is 0 Å². The number of aromatic nitrogens is 1. The summed E-state index contributed by atoms with van der Waals surface area (Å²) in [7, 11) is -3.72. The SMILES string of the molecule is Cc1ccc(S(=O)(=O)OC(C)Cc2ccccn2)cc1. The summed E-state index contributed by atoms with van der Waals surface area (Å²) in [5.74, 6) is 0. The summed E-state index contributed by atoms with van der Waals surface area (Å²) in [5.41, 5.74) is 1.81. The van der Waals surface area contributed by atoms with Crippen molar-refractivity contribution in [1.29, 1.82) is 0 Å². The van der Waals surface area contributed by atoms with Gasteiger partial charge < -0.3 is 0 Å². The van der Waals surface area contributed by atoms with Crippen LogP contribution >= 0.6 is 0 Å². The molecular formula is C15H17NO3S. The smallest absolute Gasteiger partial charge is 0.263 e. The van der Waals surface area contributed by atoms with E-state index in [1.165, 1.54) is 0 Å². The van der Waals surface area contributed by atoms with Crippen LogP contribution in [0, 0.1) is 6.92 Å². The van der Waals surface area contributed by atoms with Gasteiger partial charge in [0.1, 0.15) is 0 Å². The molecule has 0 aliphatic rings. The molecule has 1 aromatic heterocycles. The molecule has 0 radical (unpaired) electrons. The lowest BCUT2D eigenvalue weighted by atomic mass is 10.2. The van der Waals surface area contributed by atoms with E-state index in [0.29, 0.717) is 6.42 Å². The molecule has 106 valence electrons. The quantitative estimate of drug-likeness (QED) is 0.795. The average Bonchev–Trinajstić information content (AvgIpc) is 2.39. The standard InChI is InChI=1S/C15H17NO3S/c1-12-6-8-15(9-7-12)20(17,18)19-13(2)11-14-5-3-4-10-16-14/h3-10,13H,11H2,1-2H3. The van der Waals surface area contributed by atoms with Crippen LogP contribution in [0.3, 0.4) is 0 Å². The first-order chi connectivity index (χ1) is 9.47. The molecule has 0 bridgehead atoms. The number of aryl methyl sites for hydroxylation is 1. The van der Waals surface area contributed by atoms with Crippen molar-refractivity contribution in [2.45, 2.75) is 31.3 Å². The van der Waals surface area contributed by atoms with Gasteiger partial charge in [0.15, 0.2) is 0 Å². The topological polar surface area (TPSA) is 56.3 Å². The van der Waals surface area contributed by atoms with Crippen molar-refractivity contribution < 1.29 is 12.6 Å². The van der Waals surface area contributed by atoms with E-state index in [1.54, 1.807) is 37.4 Å². The lowest BCUT2D eigenvalue weighted by Gasteiger charge is -2.12. The van der Waals surface area contributed by atoms with Crippen molar-refractivity contribution in [3.8, 4) is 0 Å². The van der Waals surface area contributed by atoms with E-state index in [9.17, 15) is 8.42 Å². The van der Waals surface area contributed by atoms with Crippen LogP contribution in [0.25, 0.3) is 0 Å². The number of benzene rings is 1. The van der Waals surface area contributed by atoms with E-state index in [2.05, 4.69) is 4.98 Å². The number of rotatable bonds is 5. The fraction of sp³-hybridized carbons (Fsp3) is 0.267. The summed E-state index contributed by atoms with van der Waals surface area (Å²) in [6.07, 6.45) is 1.67. The predicted molar refractivity (Wildman–Crippen MR) is 76.9 cm³/mol. The van der Waals surface area contributed by atoms with E-state index >= 15 is 0 Å². The Morgan fingerprint density at radius 1 is 1.15 bits per heavy atom. The fourth-order valence-electron chi connectivity index (χ4n) is 1.82. The Morgan fingerprint density at radius 3 is 2.45 bits per heavy atom. The Labute approximate surface area is 119 Å². The molecule has 5 heteroatoms. The molecule has 0 amide bonds. The van der Waals surface area contributed by atoms with Gasteiger partial charge in [-0.2, -0.15) is 8.42 Å². The third-order valence-corrected chi connectivity index (χ3v) is 4.25. The third kappa shape index (κ3) is 3.88. The first-order valence-electron chi connectivity index (χ1n) is 6.37.